The van der Waals surface area contributed by atoms with Gasteiger partial charge in [-0.2, -0.15) is 9.78 Å². The number of aromatic nitrogens is 5. The fourth-order valence-corrected chi connectivity index (χ4v) is 3.97. The summed E-state index contributed by atoms with van der Waals surface area (Å²) in [6, 6.07) is 7.62. The highest BCUT2D eigenvalue weighted by Crippen LogP contribution is 2.33. The van der Waals surface area contributed by atoms with Crippen LogP contribution in [0, 0.1) is 0 Å². The van der Waals surface area contributed by atoms with E-state index in [1.54, 1.807) is 17.1 Å². The molecule has 0 aliphatic heterocycles. The molecule has 0 N–H and O–H groups in total. The Kier molecular flexibility index (Phi) is 5.61. The molecule has 1 aliphatic rings. The lowest BCUT2D eigenvalue weighted by Crippen LogP contribution is -2.24. The minimum absolute atomic E-state index is 0.200. The Morgan fingerprint density at radius 3 is 2.79 bits per heavy atom. The second-order valence-electron chi connectivity index (χ2n) is 6.68. The van der Waals surface area contributed by atoms with E-state index in [1.807, 2.05) is 24.3 Å². The SMILES string of the molecule is O=C([O-])CSc1nnc(C2CCCCC2)n1/N=C\c1cnc2ccccc2n1. The zero-order valence-electron chi connectivity index (χ0n) is 15.2. The first-order chi connectivity index (χ1) is 13.7. The lowest BCUT2D eigenvalue weighted by molar-refractivity contribution is -0.301. The summed E-state index contributed by atoms with van der Waals surface area (Å²) < 4.78 is 1.64. The lowest BCUT2D eigenvalue weighted by Gasteiger charge is -2.20. The molecular weight excluding hydrogens is 376 g/mol. The highest BCUT2D eigenvalue weighted by Gasteiger charge is 2.23. The summed E-state index contributed by atoms with van der Waals surface area (Å²) >= 11 is 1.06. The predicted molar refractivity (Wildman–Crippen MR) is 104 cm³/mol. The molecule has 3 aromatic rings. The van der Waals surface area contributed by atoms with Gasteiger partial charge in [-0.25, -0.2) is 4.98 Å². The minimum atomic E-state index is -1.15. The van der Waals surface area contributed by atoms with Crippen LogP contribution in [0.25, 0.3) is 11.0 Å². The maximum atomic E-state index is 10.9. The van der Waals surface area contributed by atoms with Crippen LogP contribution < -0.4 is 5.11 Å². The van der Waals surface area contributed by atoms with Crippen molar-refractivity contribution in [3.05, 3.63) is 42.0 Å². The predicted octanol–water partition coefficient (Wildman–Crippen LogP) is 1.99. The van der Waals surface area contributed by atoms with Gasteiger partial charge in [0.2, 0.25) is 5.16 Å². The highest BCUT2D eigenvalue weighted by molar-refractivity contribution is 7.99. The van der Waals surface area contributed by atoms with Gasteiger partial charge in [0.25, 0.3) is 0 Å². The molecule has 1 fully saturated rings. The molecule has 2 aromatic heterocycles. The van der Waals surface area contributed by atoms with E-state index in [-0.39, 0.29) is 11.7 Å². The number of para-hydroxylation sites is 2. The molecular formula is C19H19N6O2S-. The van der Waals surface area contributed by atoms with E-state index >= 15 is 0 Å². The molecule has 0 unspecified atom stereocenters. The van der Waals surface area contributed by atoms with Crippen LogP contribution in [0.3, 0.4) is 0 Å². The summed E-state index contributed by atoms with van der Waals surface area (Å²) in [5, 5.41) is 24.3. The van der Waals surface area contributed by atoms with Crippen molar-refractivity contribution in [3.63, 3.8) is 0 Å². The third-order valence-electron chi connectivity index (χ3n) is 4.70. The van der Waals surface area contributed by atoms with Crippen LogP contribution in [0.2, 0.25) is 0 Å². The van der Waals surface area contributed by atoms with Crippen molar-refractivity contribution in [2.45, 2.75) is 43.2 Å². The normalized spacial score (nSPS) is 15.4. The Balaban J connectivity index is 1.65. The van der Waals surface area contributed by atoms with Gasteiger partial charge in [-0.15, -0.1) is 10.2 Å². The molecule has 2 heterocycles. The Labute approximate surface area is 166 Å². The van der Waals surface area contributed by atoms with Crippen LogP contribution in [-0.4, -0.2) is 42.8 Å². The summed E-state index contributed by atoms with van der Waals surface area (Å²) in [6.07, 6.45) is 8.87. The highest BCUT2D eigenvalue weighted by atomic mass is 32.2. The molecule has 28 heavy (non-hydrogen) atoms. The molecule has 4 rings (SSSR count). The van der Waals surface area contributed by atoms with Gasteiger partial charge in [-0.1, -0.05) is 43.2 Å². The molecule has 0 amide bonds. The van der Waals surface area contributed by atoms with Gasteiger partial charge in [0.15, 0.2) is 5.82 Å². The van der Waals surface area contributed by atoms with Crippen molar-refractivity contribution < 1.29 is 9.90 Å². The van der Waals surface area contributed by atoms with Crippen molar-refractivity contribution in [1.29, 1.82) is 0 Å². The average molecular weight is 395 g/mol. The van der Waals surface area contributed by atoms with Gasteiger partial charge in [0.1, 0.15) is 5.69 Å². The van der Waals surface area contributed by atoms with Crippen LogP contribution in [0.1, 0.15) is 49.5 Å². The monoisotopic (exact) mass is 395 g/mol. The van der Waals surface area contributed by atoms with E-state index < -0.39 is 5.97 Å². The standard InChI is InChI=1S/C19H20N6O2S/c26-17(27)12-28-19-24-23-18(13-6-2-1-3-7-13)25(19)21-11-14-10-20-15-8-4-5-9-16(15)22-14/h4-5,8-11,13H,1-3,6-7,12H2,(H,26,27)/p-1/b21-11-. The fraction of sp³-hybridized carbons (Fsp3) is 0.368. The molecule has 144 valence electrons. The summed E-state index contributed by atoms with van der Waals surface area (Å²) in [6.45, 7) is 0. The first-order valence-electron chi connectivity index (χ1n) is 9.25. The number of carbonyl (C=O) groups excluding carboxylic acids is 1. The molecule has 0 spiro atoms. The molecule has 0 saturated heterocycles. The van der Waals surface area contributed by atoms with E-state index in [0.29, 0.717) is 10.9 Å². The van der Waals surface area contributed by atoms with Crippen LogP contribution >= 0.6 is 11.8 Å². The van der Waals surface area contributed by atoms with Gasteiger partial charge in [-0.3, -0.25) is 4.98 Å². The van der Waals surface area contributed by atoms with Gasteiger partial charge in [0.05, 0.1) is 29.4 Å². The maximum Gasteiger partial charge on any atom is 0.212 e. The van der Waals surface area contributed by atoms with Gasteiger partial charge in [-0.05, 0) is 25.0 Å². The number of aliphatic carboxylic acids is 1. The van der Waals surface area contributed by atoms with Crippen molar-refractivity contribution in [2.75, 3.05) is 5.75 Å². The van der Waals surface area contributed by atoms with Gasteiger partial charge >= 0.3 is 0 Å². The molecule has 0 radical (unpaired) electrons. The number of carbonyl (C=O) groups is 1. The molecule has 0 atom stereocenters. The summed E-state index contributed by atoms with van der Waals surface area (Å²) in [7, 11) is 0. The number of nitrogens with zero attached hydrogens (tertiary/aromatic N) is 6. The first kappa shape index (κ1) is 18.5. The van der Waals surface area contributed by atoms with Crippen molar-refractivity contribution in [2.24, 2.45) is 5.10 Å². The smallest absolute Gasteiger partial charge is 0.212 e. The van der Waals surface area contributed by atoms with E-state index in [1.165, 1.54) is 6.42 Å². The second kappa shape index (κ2) is 8.47. The topological polar surface area (TPSA) is 109 Å². The van der Waals surface area contributed by atoms with Crippen LogP contribution in [0.5, 0.6) is 0 Å². The zero-order chi connectivity index (χ0) is 19.3. The zero-order valence-corrected chi connectivity index (χ0v) is 16.0. The molecule has 9 heteroatoms. The van der Waals surface area contributed by atoms with Crippen LogP contribution in [-0.2, 0) is 4.79 Å². The molecule has 8 nitrogen and oxygen atoms in total. The second-order valence-corrected chi connectivity index (χ2v) is 7.62. The van der Waals surface area contributed by atoms with Crippen LogP contribution in [0.4, 0.5) is 0 Å². The van der Waals surface area contributed by atoms with Crippen molar-refractivity contribution in [3.8, 4) is 0 Å². The number of fused-ring (bicyclic) bond motifs is 1. The number of benzene rings is 1. The number of hydrogen-bond donors (Lipinski definition) is 0. The number of carboxylic acids is 1. The molecule has 0 bridgehead atoms. The Hall–Kier alpha value is -2.81. The minimum Gasteiger partial charge on any atom is -0.549 e. The fourth-order valence-electron chi connectivity index (χ4n) is 3.36. The first-order valence-corrected chi connectivity index (χ1v) is 10.2. The average Bonchev–Trinajstić information content (AvgIpc) is 3.14. The molecule has 1 saturated carbocycles. The third-order valence-corrected chi connectivity index (χ3v) is 5.59. The van der Waals surface area contributed by atoms with Crippen molar-refractivity contribution in [1.82, 2.24) is 24.8 Å². The summed E-state index contributed by atoms with van der Waals surface area (Å²) in [5.41, 5.74) is 2.21. The number of thioether (sulfide) groups is 1. The number of rotatable bonds is 6. The van der Waals surface area contributed by atoms with Crippen molar-refractivity contribution >= 4 is 35.0 Å². The molecule has 1 aromatic carbocycles. The van der Waals surface area contributed by atoms with E-state index in [4.69, 9.17) is 0 Å². The number of hydrogen-bond acceptors (Lipinski definition) is 8. The number of carboxylic acid groups (broad SMARTS) is 1. The van der Waals surface area contributed by atoms with E-state index in [2.05, 4.69) is 25.3 Å². The third kappa shape index (κ3) is 4.19. The summed E-state index contributed by atoms with van der Waals surface area (Å²) in [5.74, 6) is -0.305. The van der Waals surface area contributed by atoms with Gasteiger partial charge in [0, 0.05) is 11.7 Å². The Morgan fingerprint density at radius 2 is 2.00 bits per heavy atom. The van der Waals surface area contributed by atoms with Gasteiger partial charge < -0.3 is 9.90 Å². The molecule has 1 aliphatic carbocycles. The Morgan fingerprint density at radius 1 is 1.21 bits per heavy atom. The maximum absolute atomic E-state index is 10.9. The van der Waals surface area contributed by atoms with Crippen LogP contribution in [0.15, 0.2) is 40.7 Å². The lowest BCUT2D eigenvalue weighted by atomic mass is 9.89. The quantitative estimate of drug-likeness (QED) is 0.464. The van der Waals surface area contributed by atoms with E-state index in [0.717, 1.165) is 54.3 Å². The Bertz CT molecular complexity index is 1010. The van der Waals surface area contributed by atoms with E-state index in [9.17, 15) is 9.90 Å². The summed E-state index contributed by atoms with van der Waals surface area (Å²) in [4.78, 5) is 19.8. The largest absolute Gasteiger partial charge is 0.549 e.